The van der Waals surface area contributed by atoms with Crippen LogP contribution in [0.15, 0.2) is 59.7 Å². The van der Waals surface area contributed by atoms with Crippen molar-refractivity contribution in [1.82, 2.24) is 14.8 Å². The summed E-state index contributed by atoms with van der Waals surface area (Å²) in [6, 6.07) is 17.5. The van der Waals surface area contributed by atoms with E-state index in [1.165, 1.54) is 0 Å². The molecule has 2 heterocycles. The monoisotopic (exact) mass is 490 g/mol. The minimum absolute atomic E-state index is 0.0440. The van der Waals surface area contributed by atoms with Gasteiger partial charge in [0.1, 0.15) is 12.3 Å². The third kappa shape index (κ3) is 5.77. The SMILES string of the molecule is COc1ccc(C2=NN(C(=O)CN(CCN3CCOCC3)C(=O)C3CC3)C(c3ccccc3)C2)cc1. The molecule has 1 aliphatic carbocycles. The van der Waals surface area contributed by atoms with Crippen LogP contribution in [0, 0.1) is 5.92 Å². The van der Waals surface area contributed by atoms with Crippen molar-refractivity contribution in [3.63, 3.8) is 0 Å². The van der Waals surface area contributed by atoms with Crippen LogP contribution in [0.2, 0.25) is 0 Å². The van der Waals surface area contributed by atoms with E-state index in [0.717, 1.165) is 55.1 Å². The van der Waals surface area contributed by atoms with Crippen LogP contribution in [0.5, 0.6) is 5.75 Å². The molecule has 2 aromatic carbocycles. The number of carbonyl (C=O) groups is 2. The highest BCUT2D eigenvalue weighted by Crippen LogP contribution is 2.34. The van der Waals surface area contributed by atoms with E-state index in [0.29, 0.717) is 26.2 Å². The number of hydrogen-bond acceptors (Lipinski definition) is 6. The van der Waals surface area contributed by atoms with E-state index in [1.807, 2.05) is 54.6 Å². The Hall–Kier alpha value is -3.23. The Balaban J connectivity index is 1.34. The van der Waals surface area contributed by atoms with Gasteiger partial charge >= 0.3 is 0 Å². The molecule has 3 aliphatic rings. The average molecular weight is 491 g/mol. The molecule has 2 aliphatic heterocycles. The third-order valence-corrected chi connectivity index (χ3v) is 7.13. The Morgan fingerprint density at radius 1 is 1.06 bits per heavy atom. The Kier molecular flexibility index (Phi) is 7.63. The molecular weight excluding hydrogens is 456 g/mol. The maximum Gasteiger partial charge on any atom is 0.262 e. The van der Waals surface area contributed by atoms with Crippen molar-refractivity contribution in [1.29, 1.82) is 0 Å². The maximum atomic E-state index is 13.7. The standard InChI is InChI=1S/C28H34N4O4/c1-35-24-11-9-21(10-12-24)25-19-26(22-5-3-2-4-6-22)32(29-25)27(33)20-31(28(34)23-7-8-23)14-13-30-15-17-36-18-16-30/h2-6,9-12,23,26H,7-8,13-20H2,1H3. The van der Waals surface area contributed by atoms with E-state index in [4.69, 9.17) is 14.6 Å². The highest BCUT2D eigenvalue weighted by Gasteiger charge is 2.37. The molecule has 8 heteroatoms. The van der Waals surface area contributed by atoms with Crippen molar-refractivity contribution in [2.24, 2.45) is 11.0 Å². The summed E-state index contributed by atoms with van der Waals surface area (Å²) in [4.78, 5) is 30.8. The van der Waals surface area contributed by atoms with Gasteiger partial charge in [0.15, 0.2) is 0 Å². The summed E-state index contributed by atoms with van der Waals surface area (Å²) in [7, 11) is 1.64. The van der Waals surface area contributed by atoms with Crippen LogP contribution in [-0.2, 0) is 14.3 Å². The van der Waals surface area contributed by atoms with Gasteiger partial charge in [-0.05, 0) is 48.2 Å². The zero-order valence-corrected chi connectivity index (χ0v) is 20.8. The molecule has 0 N–H and O–H groups in total. The smallest absolute Gasteiger partial charge is 0.262 e. The largest absolute Gasteiger partial charge is 0.497 e. The first-order valence-electron chi connectivity index (χ1n) is 12.8. The van der Waals surface area contributed by atoms with Crippen LogP contribution in [0.25, 0.3) is 0 Å². The Morgan fingerprint density at radius 3 is 2.44 bits per heavy atom. The minimum Gasteiger partial charge on any atom is -0.497 e. The van der Waals surface area contributed by atoms with Crippen LogP contribution in [0.3, 0.4) is 0 Å². The molecule has 1 atom stereocenters. The van der Waals surface area contributed by atoms with Crippen molar-refractivity contribution in [2.45, 2.75) is 25.3 Å². The lowest BCUT2D eigenvalue weighted by Crippen LogP contribution is -2.47. The van der Waals surface area contributed by atoms with E-state index < -0.39 is 0 Å². The van der Waals surface area contributed by atoms with E-state index in [-0.39, 0.29) is 30.3 Å². The van der Waals surface area contributed by atoms with E-state index in [1.54, 1.807) is 17.0 Å². The number of methoxy groups -OCH3 is 1. The predicted molar refractivity (Wildman–Crippen MR) is 137 cm³/mol. The molecule has 1 unspecified atom stereocenters. The second-order valence-corrected chi connectivity index (χ2v) is 9.63. The van der Waals surface area contributed by atoms with Crippen LogP contribution in [0.4, 0.5) is 0 Å². The maximum absolute atomic E-state index is 13.7. The normalized spacial score (nSPS) is 20.2. The molecule has 1 saturated heterocycles. The van der Waals surface area contributed by atoms with Gasteiger partial charge in [-0.25, -0.2) is 5.01 Å². The third-order valence-electron chi connectivity index (χ3n) is 7.13. The van der Waals surface area contributed by atoms with Crippen LogP contribution in [-0.4, -0.2) is 85.4 Å². The molecular formula is C28H34N4O4. The van der Waals surface area contributed by atoms with E-state index in [2.05, 4.69) is 4.90 Å². The Labute approximate surface area is 212 Å². The Morgan fingerprint density at radius 2 is 1.78 bits per heavy atom. The van der Waals surface area contributed by atoms with Crippen LogP contribution >= 0.6 is 0 Å². The molecule has 2 aromatic rings. The number of carbonyl (C=O) groups excluding carboxylic acids is 2. The molecule has 8 nitrogen and oxygen atoms in total. The van der Waals surface area contributed by atoms with E-state index >= 15 is 0 Å². The highest BCUT2D eigenvalue weighted by atomic mass is 16.5. The summed E-state index contributed by atoms with van der Waals surface area (Å²) >= 11 is 0. The molecule has 0 spiro atoms. The van der Waals surface area contributed by atoms with Crippen LogP contribution < -0.4 is 4.74 Å². The fourth-order valence-electron chi connectivity index (χ4n) is 4.81. The van der Waals surface area contributed by atoms with Gasteiger partial charge in [0.25, 0.3) is 5.91 Å². The number of hydrogen-bond donors (Lipinski definition) is 0. The summed E-state index contributed by atoms with van der Waals surface area (Å²) in [5.74, 6) is 0.776. The van der Waals surface area contributed by atoms with Gasteiger partial charge in [0.2, 0.25) is 5.91 Å². The molecule has 0 aromatic heterocycles. The second kappa shape index (κ2) is 11.2. The number of morpholine rings is 1. The summed E-state index contributed by atoms with van der Waals surface area (Å²) in [6.45, 7) is 4.48. The number of nitrogens with zero attached hydrogens (tertiary/aromatic N) is 4. The van der Waals surface area contributed by atoms with Gasteiger partial charge in [-0.2, -0.15) is 5.10 Å². The van der Waals surface area contributed by atoms with Gasteiger partial charge in [0.05, 0.1) is 32.1 Å². The fourth-order valence-corrected chi connectivity index (χ4v) is 4.81. The molecule has 0 bridgehead atoms. The lowest BCUT2D eigenvalue weighted by atomic mass is 9.98. The number of benzene rings is 2. The second-order valence-electron chi connectivity index (χ2n) is 9.63. The Bertz CT molecular complexity index is 1080. The summed E-state index contributed by atoms with van der Waals surface area (Å²) in [5, 5.41) is 6.38. The summed E-state index contributed by atoms with van der Waals surface area (Å²) in [5.41, 5.74) is 2.85. The van der Waals surface area contributed by atoms with Gasteiger partial charge in [-0.15, -0.1) is 0 Å². The molecule has 2 amide bonds. The molecule has 36 heavy (non-hydrogen) atoms. The van der Waals surface area contributed by atoms with Crippen LogP contribution in [0.1, 0.15) is 36.4 Å². The zero-order chi connectivity index (χ0) is 24.9. The first kappa shape index (κ1) is 24.5. The molecule has 2 fully saturated rings. The quantitative estimate of drug-likeness (QED) is 0.540. The topological polar surface area (TPSA) is 74.7 Å². The van der Waals surface area contributed by atoms with Gasteiger partial charge in [-0.3, -0.25) is 14.5 Å². The molecule has 1 saturated carbocycles. The van der Waals surface area contributed by atoms with E-state index in [9.17, 15) is 9.59 Å². The van der Waals surface area contributed by atoms with Crippen molar-refractivity contribution >= 4 is 17.5 Å². The predicted octanol–water partition coefficient (Wildman–Crippen LogP) is 2.94. The zero-order valence-electron chi connectivity index (χ0n) is 20.8. The van der Waals surface area contributed by atoms with Gasteiger partial charge < -0.3 is 14.4 Å². The molecule has 5 rings (SSSR count). The van der Waals surface area contributed by atoms with Crippen molar-refractivity contribution in [3.05, 3.63) is 65.7 Å². The number of hydrazone groups is 1. The lowest BCUT2D eigenvalue weighted by Gasteiger charge is -2.31. The molecule has 0 radical (unpaired) electrons. The van der Waals surface area contributed by atoms with Gasteiger partial charge in [-0.1, -0.05) is 30.3 Å². The highest BCUT2D eigenvalue weighted by molar-refractivity contribution is 6.03. The first-order chi connectivity index (χ1) is 17.6. The lowest BCUT2D eigenvalue weighted by molar-refractivity contribution is -0.142. The average Bonchev–Trinajstić information content (AvgIpc) is 3.69. The van der Waals surface area contributed by atoms with Crippen molar-refractivity contribution < 1.29 is 19.1 Å². The number of ether oxygens (including phenoxy) is 2. The van der Waals surface area contributed by atoms with Crippen molar-refractivity contribution in [2.75, 3.05) is 53.0 Å². The summed E-state index contributed by atoms with van der Waals surface area (Å²) in [6.07, 6.45) is 2.45. The first-order valence-corrected chi connectivity index (χ1v) is 12.8. The fraction of sp³-hybridized carbons (Fsp3) is 0.464. The van der Waals surface area contributed by atoms with Crippen molar-refractivity contribution in [3.8, 4) is 5.75 Å². The number of amides is 2. The number of rotatable bonds is 9. The minimum atomic E-state index is -0.201. The van der Waals surface area contributed by atoms with Gasteiger partial charge in [0, 0.05) is 38.5 Å². The summed E-state index contributed by atoms with van der Waals surface area (Å²) < 4.78 is 10.7. The molecule has 190 valence electrons.